The van der Waals surface area contributed by atoms with Crippen LogP contribution in [0.25, 0.3) is 0 Å². The molecular weight excluding hydrogens is 432 g/mol. The maximum Gasteiger partial charge on any atom is 0.302 e. The van der Waals surface area contributed by atoms with Gasteiger partial charge in [-0.1, -0.05) is 40.7 Å². The van der Waals surface area contributed by atoms with Gasteiger partial charge in [0.2, 0.25) is 0 Å². The van der Waals surface area contributed by atoms with Crippen molar-refractivity contribution in [1.29, 1.82) is 0 Å². The van der Waals surface area contributed by atoms with Crippen LogP contribution in [0.5, 0.6) is 0 Å². The van der Waals surface area contributed by atoms with E-state index in [1.807, 2.05) is 26.0 Å². The fraction of sp³-hybridized carbons (Fsp3) is 0.679. The molecule has 1 heterocycles. The van der Waals surface area contributed by atoms with Gasteiger partial charge < -0.3 is 14.3 Å². The van der Waals surface area contributed by atoms with Crippen molar-refractivity contribution in [1.82, 2.24) is 0 Å². The van der Waals surface area contributed by atoms with Crippen molar-refractivity contribution in [2.45, 2.75) is 78.9 Å². The molecule has 6 heteroatoms. The van der Waals surface area contributed by atoms with Crippen LogP contribution >= 0.6 is 0 Å². The number of rotatable bonds is 2. The standard InChI is InChI=1S/C28H36O6/c1-15(29)34-23-13-20-26(4)9-7-21(31)25(2,3)19(26)12-22(32)28(20,6)24-18(30)11-17(27(23,24)5)16-8-10-33-14-16/h7-10,14,17,19-20,22-24,32H,11-13H2,1-6H3/t17-,19+,20+,22+,23-,24-,26?,27+,28-/m0/s1. The van der Waals surface area contributed by atoms with E-state index in [0.717, 1.165) is 5.56 Å². The van der Waals surface area contributed by atoms with Gasteiger partial charge in [0.1, 0.15) is 11.9 Å². The minimum atomic E-state index is -0.746. The van der Waals surface area contributed by atoms with Crippen LogP contribution in [0.4, 0.5) is 0 Å². The monoisotopic (exact) mass is 468 g/mol. The number of Topliss-reactive ketones (excluding diaryl/α,β-unsaturated/α-hetero) is 1. The molecule has 0 saturated heterocycles. The van der Waals surface area contributed by atoms with Crippen LogP contribution in [0.15, 0.2) is 35.2 Å². The van der Waals surface area contributed by atoms with E-state index in [1.54, 1.807) is 18.6 Å². The molecular formula is C28H36O6. The first-order valence-corrected chi connectivity index (χ1v) is 12.4. The molecule has 1 aromatic heterocycles. The zero-order chi connectivity index (χ0) is 24.8. The Balaban J connectivity index is 1.70. The number of carbonyl (C=O) groups is 3. The number of esters is 1. The molecule has 1 aromatic rings. The van der Waals surface area contributed by atoms with Crippen LogP contribution < -0.4 is 0 Å². The highest BCUT2D eigenvalue weighted by molar-refractivity contribution is 5.96. The first-order valence-electron chi connectivity index (χ1n) is 12.4. The molecule has 3 saturated carbocycles. The van der Waals surface area contributed by atoms with Gasteiger partial charge in [-0.3, -0.25) is 14.4 Å². The highest BCUT2D eigenvalue weighted by atomic mass is 16.5. The zero-order valence-corrected chi connectivity index (χ0v) is 21.0. The van der Waals surface area contributed by atoms with E-state index < -0.39 is 39.8 Å². The third-order valence-corrected chi connectivity index (χ3v) is 10.6. The Bertz CT molecular complexity index is 1070. The molecule has 4 aliphatic carbocycles. The first kappa shape index (κ1) is 23.5. The molecule has 184 valence electrons. The third-order valence-electron chi connectivity index (χ3n) is 10.6. The van der Waals surface area contributed by atoms with Gasteiger partial charge in [0.05, 0.1) is 18.6 Å². The van der Waals surface area contributed by atoms with Crippen molar-refractivity contribution >= 4 is 17.5 Å². The lowest BCUT2D eigenvalue weighted by molar-refractivity contribution is -0.238. The second-order valence-electron chi connectivity index (χ2n) is 12.4. The Labute approximate surface area is 201 Å². The summed E-state index contributed by atoms with van der Waals surface area (Å²) in [7, 11) is 0. The van der Waals surface area contributed by atoms with Gasteiger partial charge in [-0.05, 0) is 47.8 Å². The maximum atomic E-state index is 13.8. The number of hydrogen-bond donors (Lipinski definition) is 1. The average molecular weight is 469 g/mol. The van der Waals surface area contributed by atoms with Gasteiger partial charge >= 0.3 is 5.97 Å². The number of fused-ring (bicyclic) bond motifs is 5. The fourth-order valence-electron chi connectivity index (χ4n) is 9.03. The molecule has 0 spiro atoms. The van der Waals surface area contributed by atoms with Crippen LogP contribution in [0.1, 0.15) is 72.3 Å². The third kappa shape index (κ3) is 2.75. The minimum absolute atomic E-state index is 0.0694. The maximum absolute atomic E-state index is 13.8. The molecule has 0 amide bonds. The van der Waals surface area contributed by atoms with Crippen LogP contribution in [-0.2, 0) is 19.1 Å². The summed E-state index contributed by atoms with van der Waals surface area (Å²) in [6, 6.07) is 1.89. The van der Waals surface area contributed by atoms with Gasteiger partial charge in [0, 0.05) is 41.4 Å². The van der Waals surface area contributed by atoms with E-state index in [1.165, 1.54) is 6.92 Å². The quantitative estimate of drug-likeness (QED) is 0.644. The lowest BCUT2D eigenvalue weighted by atomic mass is 9.36. The topological polar surface area (TPSA) is 93.8 Å². The van der Waals surface area contributed by atoms with E-state index in [2.05, 4.69) is 20.8 Å². The zero-order valence-electron chi connectivity index (χ0n) is 21.0. The molecule has 9 atom stereocenters. The Kier molecular flexibility index (Phi) is 4.95. The van der Waals surface area contributed by atoms with E-state index >= 15 is 0 Å². The van der Waals surface area contributed by atoms with Crippen molar-refractivity contribution in [3.63, 3.8) is 0 Å². The molecule has 0 radical (unpaired) electrons. The summed E-state index contributed by atoms with van der Waals surface area (Å²) < 4.78 is 11.4. The molecule has 1 N–H and O–H groups in total. The molecule has 0 aromatic carbocycles. The summed E-state index contributed by atoms with van der Waals surface area (Å²) >= 11 is 0. The van der Waals surface area contributed by atoms with Crippen molar-refractivity contribution in [2.75, 3.05) is 0 Å². The predicted octanol–water partition coefficient (Wildman–Crippen LogP) is 4.47. The van der Waals surface area contributed by atoms with Crippen LogP contribution in [-0.4, -0.2) is 34.9 Å². The van der Waals surface area contributed by atoms with Crippen LogP contribution in [0.3, 0.4) is 0 Å². The van der Waals surface area contributed by atoms with Crippen molar-refractivity contribution in [2.24, 2.45) is 39.4 Å². The molecule has 3 fully saturated rings. The molecule has 34 heavy (non-hydrogen) atoms. The van der Waals surface area contributed by atoms with E-state index in [-0.39, 0.29) is 35.3 Å². The predicted molar refractivity (Wildman–Crippen MR) is 125 cm³/mol. The van der Waals surface area contributed by atoms with Gasteiger partial charge in [0.25, 0.3) is 0 Å². The summed E-state index contributed by atoms with van der Waals surface area (Å²) in [6.45, 7) is 11.6. The Morgan fingerprint density at radius 1 is 1.09 bits per heavy atom. The van der Waals surface area contributed by atoms with Gasteiger partial charge in [-0.2, -0.15) is 0 Å². The van der Waals surface area contributed by atoms with Crippen molar-refractivity contribution < 1.29 is 28.6 Å². The Morgan fingerprint density at radius 2 is 1.79 bits per heavy atom. The van der Waals surface area contributed by atoms with Gasteiger partial charge in [-0.15, -0.1) is 0 Å². The Morgan fingerprint density at radius 3 is 2.41 bits per heavy atom. The summed E-state index contributed by atoms with van der Waals surface area (Å²) in [5.74, 6) is -1.05. The van der Waals surface area contributed by atoms with Gasteiger partial charge in [0.15, 0.2) is 5.78 Å². The van der Waals surface area contributed by atoms with E-state index in [4.69, 9.17) is 9.15 Å². The SMILES string of the molecule is CC(=O)O[C@H]1C[C@@H]2C3(C)C=CC(=O)C(C)(C)[C@H]3C[C@@H](O)[C@@]2(C)[C@H]2C(=O)C[C@@H](c3ccoc3)[C@@]21C. The number of aliphatic hydroxyl groups is 1. The Hall–Kier alpha value is -2.21. The lowest BCUT2D eigenvalue weighted by Gasteiger charge is -2.68. The summed E-state index contributed by atoms with van der Waals surface area (Å²) in [5, 5.41) is 11.8. The van der Waals surface area contributed by atoms with E-state index in [0.29, 0.717) is 19.3 Å². The summed E-state index contributed by atoms with van der Waals surface area (Å²) in [6.07, 6.45) is 7.07. The molecule has 0 bridgehead atoms. The number of allylic oxidation sites excluding steroid dienone is 2. The largest absolute Gasteiger partial charge is 0.472 e. The number of furan rings is 1. The fourth-order valence-corrected chi connectivity index (χ4v) is 9.03. The number of hydrogen-bond acceptors (Lipinski definition) is 6. The summed E-state index contributed by atoms with van der Waals surface area (Å²) in [4.78, 5) is 39.0. The summed E-state index contributed by atoms with van der Waals surface area (Å²) in [5.41, 5.74) is -1.50. The number of ether oxygens (including phenoxy) is 1. The average Bonchev–Trinajstić information content (AvgIpc) is 3.36. The van der Waals surface area contributed by atoms with Crippen LogP contribution in [0, 0.1) is 39.4 Å². The smallest absolute Gasteiger partial charge is 0.302 e. The van der Waals surface area contributed by atoms with Crippen LogP contribution in [0.2, 0.25) is 0 Å². The highest BCUT2D eigenvalue weighted by Crippen LogP contribution is 2.73. The van der Waals surface area contributed by atoms with Crippen molar-refractivity contribution in [3.8, 4) is 0 Å². The molecule has 0 aliphatic heterocycles. The second-order valence-corrected chi connectivity index (χ2v) is 12.4. The lowest BCUT2D eigenvalue weighted by Crippen LogP contribution is -2.69. The van der Waals surface area contributed by atoms with Crippen molar-refractivity contribution in [3.05, 3.63) is 36.3 Å². The molecule has 6 nitrogen and oxygen atoms in total. The minimum Gasteiger partial charge on any atom is -0.472 e. The van der Waals surface area contributed by atoms with E-state index in [9.17, 15) is 19.5 Å². The first-order chi connectivity index (χ1) is 15.8. The number of aliphatic hydroxyl groups excluding tert-OH is 1. The number of ketones is 2. The second kappa shape index (κ2) is 7.16. The number of carbonyl (C=O) groups excluding carboxylic acids is 3. The normalized spacial score (nSPS) is 47.0. The van der Waals surface area contributed by atoms with Gasteiger partial charge in [-0.25, -0.2) is 0 Å². The molecule has 1 unspecified atom stereocenters. The molecule has 5 rings (SSSR count). The molecule has 4 aliphatic rings. The highest BCUT2D eigenvalue weighted by Gasteiger charge is 2.74.